The van der Waals surface area contributed by atoms with E-state index in [1.165, 1.54) is 0 Å². The summed E-state index contributed by atoms with van der Waals surface area (Å²) in [6, 6.07) is 5.43. The summed E-state index contributed by atoms with van der Waals surface area (Å²) in [5.41, 5.74) is 2.58. The number of aryl methyl sites for hydroxylation is 1. The van der Waals surface area contributed by atoms with E-state index >= 15 is 0 Å². The Balaban J connectivity index is 0.000000461. The van der Waals surface area contributed by atoms with E-state index in [4.69, 9.17) is 0 Å². The molecule has 0 aliphatic heterocycles. The zero-order valence-electron chi connectivity index (χ0n) is 8.66. The van der Waals surface area contributed by atoms with Crippen LogP contribution in [0.3, 0.4) is 0 Å². The maximum Gasteiger partial charge on any atom is 0.150 e. The number of benzene rings is 1. The van der Waals surface area contributed by atoms with Crippen LogP contribution >= 0.6 is 0 Å². The van der Waals surface area contributed by atoms with Gasteiger partial charge in [-0.25, -0.2) is 0 Å². The Morgan fingerprint density at radius 2 is 2.07 bits per heavy atom. The van der Waals surface area contributed by atoms with Crippen molar-refractivity contribution in [3.05, 3.63) is 29.5 Å². The third-order valence-electron chi connectivity index (χ3n) is 1.90. The quantitative estimate of drug-likeness (QED) is 0.703. The van der Waals surface area contributed by atoms with Gasteiger partial charge in [0.15, 0.2) is 0 Å². The number of nitrogens with one attached hydrogen (secondary N) is 1. The average Bonchev–Trinajstić information content (AvgIpc) is 2.63. The van der Waals surface area contributed by atoms with Crippen molar-refractivity contribution in [1.82, 2.24) is 10.2 Å². The standard InChI is InChI=1S/C9H8N2O.C2H6/c1-6-8-4-7(5-12)2-3-9(8)11-10-6;1-2/h2-5H,1H3,(H,10,11);1-2H3. The smallest absolute Gasteiger partial charge is 0.150 e. The topological polar surface area (TPSA) is 45.8 Å². The largest absolute Gasteiger partial charge is 0.298 e. The van der Waals surface area contributed by atoms with Crippen molar-refractivity contribution < 1.29 is 4.79 Å². The number of carbonyl (C=O) groups is 1. The molecule has 0 unspecified atom stereocenters. The molecule has 0 bridgehead atoms. The van der Waals surface area contributed by atoms with Gasteiger partial charge in [0.2, 0.25) is 0 Å². The first-order valence-corrected chi connectivity index (χ1v) is 4.71. The van der Waals surface area contributed by atoms with E-state index in [0.717, 1.165) is 22.9 Å². The molecule has 14 heavy (non-hydrogen) atoms. The van der Waals surface area contributed by atoms with E-state index in [9.17, 15) is 4.79 Å². The molecule has 1 heterocycles. The van der Waals surface area contributed by atoms with Crippen LogP contribution in [0.4, 0.5) is 0 Å². The lowest BCUT2D eigenvalue weighted by Crippen LogP contribution is -1.78. The van der Waals surface area contributed by atoms with E-state index < -0.39 is 0 Å². The summed E-state index contributed by atoms with van der Waals surface area (Å²) >= 11 is 0. The van der Waals surface area contributed by atoms with Gasteiger partial charge in [0.1, 0.15) is 6.29 Å². The molecule has 0 saturated heterocycles. The Kier molecular flexibility index (Phi) is 3.40. The van der Waals surface area contributed by atoms with E-state index in [1.54, 1.807) is 6.07 Å². The van der Waals surface area contributed by atoms with Crippen molar-refractivity contribution >= 4 is 17.2 Å². The highest BCUT2D eigenvalue weighted by molar-refractivity contribution is 5.88. The van der Waals surface area contributed by atoms with E-state index in [-0.39, 0.29) is 0 Å². The second-order valence-electron chi connectivity index (χ2n) is 2.74. The summed E-state index contributed by atoms with van der Waals surface area (Å²) in [5.74, 6) is 0. The van der Waals surface area contributed by atoms with Gasteiger partial charge >= 0.3 is 0 Å². The molecule has 0 amide bonds. The molecule has 0 atom stereocenters. The highest BCUT2D eigenvalue weighted by Crippen LogP contribution is 2.15. The number of aldehydes is 1. The number of aromatic nitrogens is 2. The second kappa shape index (κ2) is 4.56. The third kappa shape index (κ3) is 1.82. The van der Waals surface area contributed by atoms with Gasteiger partial charge in [-0.1, -0.05) is 13.8 Å². The van der Waals surface area contributed by atoms with Gasteiger partial charge in [0.05, 0.1) is 5.52 Å². The molecule has 0 fully saturated rings. The van der Waals surface area contributed by atoms with Gasteiger partial charge in [-0.15, -0.1) is 0 Å². The normalized spacial score (nSPS) is 9.36. The lowest BCUT2D eigenvalue weighted by atomic mass is 10.1. The Morgan fingerprint density at radius 1 is 1.36 bits per heavy atom. The predicted molar refractivity (Wildman–Crippen MR) is 57.6 cm³/mol. The van der Waals surface area contributed by atoms with Gasteiger partial charge in [-0.05, 0) is 25.1 Å². The molecule has 0 spiro atoms. The number of rotatable bonds is 1. The average molecular weight is 190 g/mol. The molecule has 3 heteroatoms. The molecule has 0 aliphatic carbocycles. The molecule has 2 aromatic rings. The van der Waals surface area contributed by atoms with Crippen LogP contribution in [0.1, 0.15) is 29.9 Å². The minimum atomic E-state index is 0.687. The second-order valence-corrected chi connectivity index (χ2v) is 2.74. The van der Waals surface area contributed by atoms with Crippen molar-refractivity contribution in [3.8, 4) is 0 Å². The van der Waals surface area contributed by atoms with Crippen molar-refractivity contribution in [1.29, 1.82) is 0 Å². The molecule has 0 saturated carbocycles. The van der Waals surface area contributed by atoms with Crippen molar-refractivity contribution in [2.24, 2.45) is 0 Å². The number of hydrogen-bond donors (Lipinski definition) is 1. The Morgan fingerprint density at radius 3 is 2.71 bits per heavy atom. The number of fused-ring (bicyclic) bond motifs is 1. The summed E-state index contributed by atoms with van der Waals surface area (Å²) in [7, 11) is 0. The monoisotopic (exact) mass is 190 g/mol. The highest BCUT2D eigenvalue weighted by Gasteiger charge is 2.00. The molecule has 0 radical (unpaired) electrons. The highest BCUT2D eigenvalue weighted by atomic mass is 16.1. The van der Waals surface area contributed by atoms with E-state index in [0.29, 0.717) is 5.56 Å². The Labute approximate surface area is 83.1 Å². The van der Waals surface area contributed by atoms with Crippen LogP contribution in [-0.4, -0.2) is 16.5 Å². The summed E-state index contributed by atoms with van der Waals surface area (Å²) in [6.07, 6.45) is 0.839. The van der Waals surface area contributed by atoms with Gasteiger partial charge in [-0.3, -0.25) is 9.89 Å². The minimum absolute atomic E-state index is 0.687. The number of hydrogen-bond acceptors (Lipinski definition) is 2. The zero-order valence-corrected chi connectivity index (χ0v) is 8.66. The van der Waals surface area contributed by atoms with Gasteiger partial charge in [0, 0.05) is 16.6 Å². The van der Waals surface area contributed by atoms with Crippen molar-refractivity contribution in [2.45, 2.75) is 20.8 Å². The number of nitrogens with zero attached hydrogens (tertiary/aromatic N) is 1. The number of aromatic amines is 1. The maximum absolute atomic E-state index is 10.5. The summed E-state index contributed by atoms with van der Waals surface area (Å²) in [6.45, 7) is 5.93. The van der Waals surface area contributed by atoms with Crippen LogP contribution < -0.4 is 0 Å². The fourth-order valence-electron chi connectivity index (χ4n) is 1.23. The molecule has 74 valence electrons. The third-order valence-corrected chi connectivity index (χ3v) is 1.90. The molecule has 1 aromatic carbocycles. The molecule has 2 rings (SSSR count). The first kappa shape index (κ1) is 10.4. The van der Waals surface area contributed by atoms with E-state index in [2.05, 4.69) is 10.2 Å². The predicted octanol–water partition coefficient (Wildman–Crippen LogP) is 2.71. The van der Waals surface area contributed by atoms with Crippen LogP contribution in [0.2, 0.25) is 0 Å². The number of H-pyrrole nitrogens is 1. The van der Waals surface area contributed by atoms with Crippen LogP contribution in [0.15, 0.2) is 18.2 Å². The molecule has 3 nitrogen and oxygen atoms in total. The first-order chi connectivity index (χ1) is 6.81. The maximum atomic E-state index is 10.5. The van der Waals surface area contributed by atoms with Crippen LogP contribution in [0.5, 0.6) is 0 Å². The van der Waals surface area contributed by atoms with Crippen LogP contribution in [0.25, 0.3) is 10.9 Å². The fraction of sp³-hybridized carbons (Fsp3) is 0.273. The summed E-state index contributed by atoms with van der Waals surface area (Å²) < 4.78 is 0. The molecule has 0 aliphatic rings. The van der Waals surface area contributed by atoms with Gasteiger partial charge in [-0.2, -0.15) is 5.10 Å². The lowest BCUT2D eigenvalue weighted by molar-refractivity contribution is 0.112. The van der Waals surface area contributed by atoms with E-state index in [1.807, 2.05) is 32.9 Å². The van der Waals surface area contributed by atoms with Crippen molar-refractivity contribution in [3.63, 3.8) is 0 Å². The molecular weight excluding hydrogens is 176 g/mol. The lowest BCUT2D eigenvalue weighted by Gasteiger charge is -1.90. The van der Waals surface area contributed by atoms with Gasteiger partial charge < -0.3 is 0 Å². The minimum Gasteiger partial charge on any atom is -0.298 e. The van der Waals surface area contributed by atoms with Gasteiger partial charge in [0.25, 0.3) is 0 Å². The van der Waals surface area contributed by atoms with Crippen LogP contribution in [-0.2, 0) is 0 Å². The molecular formula is C11H14N2O. The SMILES string of the molecule is CC.Cc1[nH]nc2ccc(C=O)cc12. The Hall–Kier alpha value is -1.64. The summed E-state index contributed by atoms with van der Waals surface area (Å²) in [5, 5.41) is 7.93. The molecule has 1 aromatic heterocycles. The fourth-order valence-corrected chi connectivity index (χ4v) is 1.23. The Bertz CT molecular complexity index is 432. The van der Waals surface area contributed by atoms with Crippen molar-refractivity contribution in [2.75, 3.05) is 0 Å². The number of carbonyl (C=O) groups excluding carboxylic acids is 1. The first-order valence-electron chi connectivity index (χ1n) is 4.71. The molecule has 1 N–H and O–H groups in total. The van der Waals surface area contributed by atoms with Crippen LogP contribution in [0, 0.1) is 6.92 Å². The summed E-state index contributed by atoms with van der Waals surface area (Å²) in [4.78, 5) is 10.5. The zero-order chi connectivity index (χ0) is 10.6.